The SMILES string of the molecule is COc1cccc(CCCCC#Cc2ccc(CNCCCO[PH](=O)O)c3ncccc23)c1. The predicted molar refractivity (Wildman–Crippen MR) is 133 cm³/mol. The topological polar surface area (TPSA) is 80.7 Å². The Bertz CT molecular complexity index is 1120. The molecule has 2 aromatic carbocycles. The van der Waals surface area contributed by atoms with Gasteiger partial charge in [-0.3, -0.25) is 9.55 Å². The number of unbranched alkanes of at least 4 members (excludes halogenated alkanes) is 2. The molecule has 0 aliphatic carbocycles. The number of pyridine rings is 1. The van der Waals surface area contributed by atoms with Gasteiger partial charge >= 0.3 is 8.25 Å². The minimum atomic E-state index is -2.84. The molecule has 0 saturated carbocycles. The number of benzene rings is 2. The minimum absolute atomic E-state index is 0.272. The van der Waals surface area contributed by atoms with Crippen molar-refractivity contribution in [1.82, 2.24) is 10.3 Å². The maximum absolute atomic E-state index is 10.6. The standard InChI is InChI=1S/C26H31N2O4P/c1-31-24-12-6-10-21(19-24)9-4-2-3-5-11-22-14-15-23(26-25(22)13-7-17-28-26)20-27-16-8-18-32-33(29)30/h6-7,10,12-15,17,19,27,33H,2-4,8-9,16,18,20H2,1H3,(H,29,30). The van der Waals surface area contributed by atoms with Gasteiger partial charge in [-0.25, -0.2) is 0 Å². The predicted octanol–water partition coefficient (Wildman–Crippen LogP) is 4.89. The fourth-order valence-corrected chi connectivity index (χ4v) is 3.91. The Morgan fingerprint density at radius 2 is 2.03 bits per heavy atom. The van der Waals surface area contributed by atoms with E-state index in [-0.39, 0.29) is 6.61 Å². The van der Waals surface area contributed by atoms with E-state index in [4.69, 9.17) is 14.2 Å². The number of nitrogens with one attached hydrogen (secondary N) is 1. The Labute approximate surface area is 196 Å². The van der Waals surface area contributed by atoms with Gasteiger partial charge in [-0.15, -0.1) is 0 Å². The molecule has 6 nitrogen and oxygen atoms in total. The van der Waals surface area contributed by atoms with Crippen LogP contribution in [-0.4, -0.2) is 30.1 Å². The summed E-state index contributed by atoms with van der Waals surface area (Å²) in [6.45, 7) is 1.63. The van der Waals surface area contributed by atoms with Crippen LogP contribution in [-0.2, 0) is 22.1 Å². The molecule has 0 spiro atoms. The molecule has 0 fully saturated rings. The molecule has 1 aromatic heterocycles. The van der Waals surface area contributed by atoms with Crippen LogP contribution in [0.3, 0.4) is 0 Å². The second-order valence-electron chi connectivity index (χ2n) is 7.68. The van der Waals surface area contributed by atoms with Crippen LogP contribution < -0.4 is 10.1 Å². The molecule has 3 aromatic rings. The van der Waals surface area contributed by atoms with Gasteiger partial charge in [0.05, 0.1) is 19.2 Å². The highest BCUT2D eigenvalue weighted by Gasteiger charge is 2.06. The summed E-state index contributed by atoms with van der Waals surface area (Å²) in [4.78, 5) is 13.3. The zero-order valence-corrected chi connectivity index (χ0v) is 20.0. The third kappa shape index (κ3) is 8.31. The molecular weight excluding hydrogens is 435 g/mol. The summed E-state index contributed by atoms with van der Waals surface area (Å²) in [5.74, 6) is 7.55. The monoisotopic (exact) mass is 466 g/mol. The first-order chi connectivity index (χ1) is 16.2. The Morgan fingerprint density at radius 3 is 2.88 bits per heavy atom. The summed E-state index contributed by atoms with van der Waals surface area (Å²) in [7, 11) is -1.15. The van der Waals surface area contributed by atoms with Crippen LogP contribution in [0.15, 0.2) is 54.7 Å². The first kappa shape index (κ1) is 25.0. The van der Waals surface area contributed by atoms with Crippen molar-refractivity contribution in [2.45, 2.75) is 38.6 Å². The first-order valence-corrected chi connectivity index (χ1v) is 12.5. The van der Waals surface area contributed by atoms with Crippen molar-refractivity contribution >= 4 is 19.2 Å². The van der Waals surface area contributed by atoms with E-state index in [1.54, 1.807) is 13.3 Å². The number of nitrogens with zero attached hydrogens (tertiary/aromatic N) is 1. The molecule has 0 aliphatic heterocycles. The maximum Gasteiger partial charge on any atom is 0.316 e. The Balaban J connectivity index is 1.51. The lowest BCUT2D eigenvalue weighted by Crippen LogP contribution is -2.16. The van der Waals surface area contributed by atoms with Crippen molar-refractivity contribution in [1.29, 1.82) is 0 Å². The van der Waals surface area contributed by atoms with E-state index >= 15 is 0 Å². The smallest absolute Gasteiger partial charge is 0.316 e. The van der Waals surface area contributed by atoms with Crippen LogP contribution in [0.5, 0.6) is 5.75 Å². The highest BCUT2D eigenvalue weighted by Crippen LogP contribution is 2.21. The summed E-state index contributed by atoms with van der Waals surface area (Å²) in [5, 5.41) is 4.40. The number of aryl methyl sites for hydroxylation is 1. The molecule has 0 aliphatic rings. The third-order valence-corrected chi connectivity index (χ3v) is 5.72. The fraction of sp³-hybridized carbons (Fsp3) is 0.346. The molecule has 0 radical (unpaired) electrons. The van der Waals surface area contributed by atoms with Crippen LogP contribution in [0, 0.1) is 11.8 Å². The van der Waals surface area contributed by atoms with E-state index in [1.165, 1.54) is 5.56 Å². The minimum Gasteiger partial charge on any atom is -0.497 e. The van der Waals surface area contributed by atoms with Crippen LogP contribution >= 0.6 is 8.25 Å². The van der Waals surface area contributed by atoms with Gasteiger partial charge in [-0.1, -0.05) is 36.1 Å². The molecule has 0 bridgehead atoms. The molecule has 0 amide bonds. The number of aromatic nitrogens is 1. The zero-order valence-electron chi connectivity index (χ0n) is 19.0. The molecule has 7 heteroatoms. The molecular formula is C26H31N2O4P. The number of methoxy groups -OCH3 is 1. The lowest BCUT2D eigenvalue weighted by atomic mass is 10.0. The molecule has 3 rings (SSSR count). The van der Waals surface area contributed by atoms with E-state index < -0.39 is 8.25 Å². The van der Waals surface area contributed by atoms with Gasteiger partial charge in [-0.2, -0.15) is 0 Å². The largest absolute Gasteiger partial charge is 0.497 e. The van der Waals surface area contributed by atoms with Crippen molar-refractivity contribution < 1.29 is 18.7 Å². The van der Waals surface area contributed by atoms with Crippen molar-refractivity contribution in [2.75, 3.05) is 20.3 Å². The fourth-order valence-electron chi connectivity index (χ4n) is 3.59. The second-order valence-corrected chi connectivity index (χ2v) is 8.50. The normalized spacial score (nSPS) is 11.7. The highest BCUT2D eigenvalue weighted by atomic mass is 31.1. The molecule has 1 atom stereocenters. The Hall–Kier alpha value is -2.68. The van der Waals surface area contributed by atoms with Gasteiger partial charge in [0.25, 0.3) is 0 Å². The first-order valence-electron chi connectivity index (χ1n) is 11.2. The summed E-state index contributed by atoms with van der Waals surface area (Å²) >= 11 is 0. The number of ether oxygens (including phenoxy) is 1. The van der Waals surface area contributed by atoms with Gasteiger partial charge in [0.15, 0.2) is 0 Å². The van der Waals surface area contributed by atoms with Crippen molar-refractivity contribution in [3.63, 3.8) is 0 Å². The summed E-state index contributed by atoms with van der Waals surface area (Å²) in [6.07, 6.45) is 6.50. The van der Waals surface area contributed by atoms with E-state index in [0.717, 1.165) is 53.5 Å². The van der Waals surface area contributed by atoms with Crippen LogP contribution in [0.25, 0.3) is 10.9 Å². The molecule has 1 unspecified atom stereocenters. The van der Waals surface area contributed by atoms with E-state index in [2.05, 4.69) is 52.5 Å². The van der Waals surface area contributed by atoms with Crippen LogP contribution in [0.2, 0.25) is 0 Å². The molecule has 174 valence electrons. The van der Waals surface area contributed by atoms with Gasteiger partial charge in [0, 0.05) is 30.1 Å². The molecule has 0 saturated heterocycles. The summed E-state index contributed by atoms with van der Waals surface area (Å²) in [5.41, 5.74) is 4.34. The van der Waals surface area contributed by atoms with E-state index in [1.807, 2.05) is 18.2 Å². The summed E-state index contributed by atoms with van der Waals surface area (Å²) < 4.78 is 20.5. The second kappa shape index (κ2) is 13.8. The van der Waals surface area contributed by atoms with Crippen molar-refractivity contribution in [2.24, 2.45) is 0 Å². The Morgan fingerprint density at radius 1 is 1.12 bits per heavy atom. The average molecular weight is 467 g/mol. The van der Waals surface area contributed by atoms with Gasteiger partial charge in [-0.05, 0) is 67.6 Å². The number of fused-ring (bicyclic) bond motifs is 1. The third-order valence-electron chi connectivity index (χ3n) is 5.27. The number of rotatable bonds is 12. The average Bonchev–Trinajstić information content (AvgIpc) is 2.84. The van der Waals surface area contributed by atoms with Gasteiger partial charge in [0.2, 0.25) is 0 Å². The molecule has 2 N–H and O–H groups in total. The highest BCUT2D eigenvalue weighted by molar-refractivity contribution is 7.32. The van der Waals surface area contributed by atoms with E-state index in [0.29, 0.717) is 19.5 Å². The van der Waals surface area contributed by atoms with Gasteiger partial charge in [0.1, 0.15) is 5.75 Å². The van der Waals surface area contributed by atoms with Crippen molar-refractivity contribution in [3.05, 3.63) is 71.4 Å². The maximum atomic E-state index is 10.6. The van der Waals surface area contributed by atoms with Crippen molar-refractivity contribution in [3.8, 4) is 17.6 Å². The number of hydrogen-bond donors (Lipinski definition) is 2. The lowest BCUT2D eigenvalue weighted by molar-refractivity contribution is 0.276. The quantitative estimate of drug-likeness (QED) is 0.225. The number of hydrogen-bond acceptors (Lipinski definition) is 5. The Kier molecular flexibility index (Phi) is 10.4. The zero-order chi connectivity index (χ0) is 23.3. The van der Waals surface area contributed by atoms with Crippen LogP contribution in [0.1, 0.15) is 42.4 Å². The van der Waals surface area contributed by atoms with Gasteiger partial charge < -0.3 is 19.5 Å². The summed E-state index contributed by atoms with van der Waals surface area (Å²) in [6, 6.07) is 16.3. The molecule has 1 heterocycles. The van der Waals surface area contributed by atoms with Crippen LogP contribution in [0.4, 0.5) is 0 Å². The lowest BCUT2D eigenvalue weighted by Gasteiger charge is -2.09. The molecule has 33 heavy (non-hydrogen) atoms. The van der Waals surface area contributed by atoms with E-state index in [9.17, 15) is 4.57 Å².